The first-order valence-corrected chi connectivity index (χ1v) is 6.01. The quantitative estimate of drug-likeness (QED) is 0.686. The third-order valence-electron chi connectivity index (χ3n) is 2.48. The van der Waals surface area contributed by atoms with Gasteiger partial charge in [0.05, 0.1) is 9.95 Å². The van der Waals surface area contributed by atoms with Crippen molar-refractivity contribution < 1.29 is 4.92 Å². The van der Waals surface area contributed by atoms with Crippen molar-refractivity contribution in [1.29, 1.82) is 0 Å². The summed E-state index contributed by atoms with van der Waals surface area (Å²) < 4.78 is 0. The fourth-order valence-electron chi connectivity index (χ4n) is 1.70. The molecule has 0 radical (unpaired) electrons. The summed E-state index contributed by atoms with van der Waals surface area (Å²) in [5, 5.41) is 14.5. The van der Waals surface area contributed by atoms with Gasteiger partial charge in [-0.05, 0) is 13.0 Å². The van der Waals surface area contributed by atoms with Crippen molar-refractivity contribution in [1.82, 2.24) is 9.97 Å². The van der Waals surface area contributed by atoms with Gasteiger partial charge in [0.25, 0.3) is 0 Å². The fourth-order valence-corrected chi connectivity index (χ4v) is 1.92. The highest BCUT2D eigenvalue weighted by Crippen LogP contribution is 2.35. The summed E-state index contributed by atoms with van der Waals surface area (Å²) >= 11 is 6.06. The van der Waals surface area contributed by atoms with Crippen LogP contribution in [0.4, 0.5) is 11.5 Å². The highest BCUT2D eigenvalue weighted by Gasteiger charge is 2.24. The highest BCUT2D eigenvalue weighted by molar-refractivity contribution is 6.33. The van der Waals surface area contributed by atoms with E-state index >= 15 is 0 Å². The molecular weight excluding hydrogens is 268 g/mol. The molecular formula is C12H11ClN4O2. The summed E-state index contributed by atoms with van der Waals surface area (Å²) in [6.45, 7) is 2.36. The summed E-state index contributed by atoms with van der Waals surface area (Å²) in [5.74, 6) is 0.192. The maximum Gasteiger partial charge on any atom is 0.337 e. The number of halogens is 1. The molecule has 1 aromatic carbocycles. The summed E-state index contributed by atoms with van der Waals surface area (Å²) in [6, 6.07) is 6.85. The first-order valence-electron chi connectivity index (χ1n) is 5.63. The molecule has 2 rings (SSSR count). The van der Waals surface area contributed by atoms with Crippen LogP contribution in [0.15, 0.2) is 30.6 Å². The lowest BCUT2D eigenvalue weighted by Crippen LogP contribution is -2.06. The average molecular weight is 279 g/mol. The second-order valence-electron chi connectivity index (χ2n) is 3.69. The summed E-state index contributed by atoms with van der Waals surface area (Å²) in [4.78, 5) is 18.6. The van der Waals surface area contributed by atoms with Gasteiger partial charge in [0, 0.05) is 12.1 Å². The van der Waals surface area contributed by atoms with Gasteiger partial charge in [-0.1, -0.05) is 29.8 Å². The van der Waals surface area contributed by atoms with E-state index in [1.807, 2.05) is 6.92 Å². The largest absolute Gasteiger partial charge is 0.365 e. The Balaban J connectivity index is 2.67. The van der Waals surface area contributed by atoms with Gasteiger partial charge >= 0.3 is 5.69 Å². The van der Waals surface area contributed by atoms with Crippen molar-refractivity contribution in [3.05, 3.63) is 45.7 Å². The third-order valence-corrected chi connectivity index (χ3v) is 2.81. The maximum atomic E-state index is 11.2. The van der Waals surface area contributed by atoms with Crippen molar-refractivity contribution in [2.75, 3.05) is 11.9 Å². The van der Waals surface area contributed by atoms with Crippen LogP contribution in [-0.2, 0) is 0 Å². The molecule has 6 nitrogen and oxygen atoms in total. The Labute approximate surface area is 114 Å². The van der Waals surface area contributed by atoms with Crippen molar-refractivity contribution >= 4 is 23.1 Å². The van der Waals surface area contributed by atoms with Crippen LogP contribution in [0.3, 0.4) is 0 Å². The van der Waals surface area contributed by atoms with Gasteiger partial charge in [-0.15, -0.1) is 0 Å². The molecule has 0 atom stereocenters. The predicted molar refractivity (Wildman–Crippen MR) is 73.3 cm³/mol. The lowest BCUT2D eigenvalue weighted by molar-refractivity contribution is -0.383. The number of hydrogen-bond acceptors (Lipinski definition) is 5. The number of nitro groups is 1. The second kappa shape index (κ2) is 5.62. The number of rotatable bonds is 4. The standard InChI is InChI=1S/C12H11ClN4O2/c1-2-14-12-11(17(18)19)10(15-7-16-12)8-5-3-4-6-9(8)13/h3-7H,2H2,1H3,(H,14,15,16). The van der Waals surface area contributed by atoms with Gasteiger partial charge < -0.3 is 5.32 Å². The topological polar surface area (TPSA) is 81.0 Å². The fraction of sp³-hybridized carbons (Fsp3) is 0.167. The smallest absolute Gasteiger partial charge is 0.337 e. The van der Waals surface area contributed by atoms with Crippen molar-refractivity contribution in [3.63, 3.8) is 0 Å². The molecule has 1 heterocycles. The number of aromatic nitrogens is 2. The molecule has 1 N–H and O–H groups in total. The van der Waals surface area contributed by atoms with Crippen molar-refractivity contribution in [2.24, 2.45) is 0 Å². The van der Waals surface area contributed by atoms with Crippen molar-refractivity contribution in [3.8, 4) is 11.3 Å². The number of nitrogens with one attached hydrogen (secondary N) is 1. The summed E-state index contributed by atoms with van der Waals surface area (Å²) in [6.07, 6.45) is 1.28. The Kier molecular flexibility index (Phi) is 3.91. The molecule has 0 spiro atoms. The minimum atomic E-state index is -0.503. The number of hydrogen-bond donors (Lipinski definition) is 1. The van der Waals surface area contributed by atoms with E-state index in [2.05, 4.69) is 15.3 Å². The Morgan fingerprint density at radius 2 is 2.11 bits per heavy atom. The molecule has 0 fully saturated rings. The van der Waals surface area contributed by atoms with Crippen LogP contribution < -0.4 is 5.32 Å². The van der Waals surface area contributed by atoms with Crippen LogP contribution in [-0.4, -0.2) is 21.4 Å². The lowest BCUT2D eigenvalue weighted by Gasteiger charge is -2.08. The van der Waals surface area contributed by atoms with Gasteiger partial charge in [-0.2, -0.15) is 0 Å². The van der Waals surface area contributed by atoms with Crippen LogP contribution in [0.5, 0.6) is 0 Å². The molecule has 98 valence electrons. The first kappa shape index (κ1) is 13.2. The Morgan fingerprint density at radius 1 is 1.37 bits per heavy atom. The van der Waals surface area contributed by atoms with Crippen LogP contribution >= 0.6 is 11.6 Å². The van der Waals surface area contributed by atoms with E-state index < -0.39 is 4.92 Å². The number of benzene rings is 1. The Bertz CT molecular complexity index is 618. The minimum Gasteiger partial charge on any atom is -0.365 e. The van der Waals surface area contributed by atoms with E-state index in [-0.39, 0.29) is 17.2 Å². The molecule has 0 bridgehead atoms. The summed E-state index contributed by atoms with van der Waals surface area (Å²) in [5.41, 5.74) is 0.552. The first-order chi connectivity index (χ1) is 9.15. The van der Waals surface area contributed by atoms with E-state index in [0.29, 0.717) is 17.1 Å². The van der Waals surface area contributed by atoms with Crippen LogP contribution in [0.2, 0.25) is 5.02 Å². The molecule has 0 aliphatic heterocycles. The Morgan fingerprint density at radius 3 is 2.74 bits per heavy atom. The van der Waals surface area contributed by atoms with Crippen LogP contribution in [0.25, 0.3) is 11.3 Å². The SMILES string of the molecule is CCNc1ncnc(-c2ccccc2Cl)c1[N+](=O)[O-]. The van der Waals surface area contributed by atoms with Gasteiger partial charge in [-0.3, -0.25) is 10.1 Å². The van der Waals surface area contributed by atoms with Gasteiger partial charge in [0.2, 0.25) is 5.82 Å². The zero-order chi connectivity index (χ0) is 13.8. The summed E-state index contributed by atoms with van der Waals surface area (Å²) in [7, 11) is 0. The van der Waals surface area contributed by atoms with Crippen molar-refractivity contribution in [2.45, 2.75) is 6.92 Å². The highest BCUT2D eigenvalue weighted by atomic mass is 35.5. The van der Waals surface area contributed by atoms with E-state index in [4.69, 9.17) is 11.6 Å². The van der Waals surface area contributed by atoms with Gasteiger partial charge in [0.15, 0.2) is 5.69 Å². The molecule has 0 saturated carbocycles. The van der Waals surface area contributed by atoms with Gasteiger partial charge in [0.1, 0.15) is 6.33 Å². The average Bonchev–Trinajstić information content (AvgIpc) is 2.39. The zero-order valence-electron chi connectivity index (χ0n) is 10.1. The molecule has 2 aromatic rings. The molecule has 0 aliphatic rings. The normalized spacial score (nSPS) is 10.2. The van der Waals surface area contributed by atoms with Crippen LogP contribution in [0, 0.1) is 10.1 Å². The molecule has 1 aromatic heterocycles. The molecule has 0 aliphatic carbocycles. The maximum absolute atomic E-state index is 11.2. The third kappa shape index (κ3) is 2.63. The minimum absolute atomic E-state index is 0.169. The van der Waals surface area contributed by atoms with E-state index in [0.717, 1.165) is 0 Å². The van der Waals surface area contributed by atoms with E-state index in [9.17, 15) is 10.1 Å². The molecule has 19 heavy (non-hydrogen) atoms. The van der Waals surface area contributed by atoms with Crippen LogP contribution in [0.1, 0.15) is 6.92 Å². The second-order valence-corrected chi connectivity index (χ2v) is 4.09. The number of anilines is 1. The monoisotopic (exact) mass is 278 g/mol. The number of nitrogens with zero attached hydrogens (tertiary/aromatic N) is 3. The van der Waals surface area contributed by atoms with E-state index in [1.54, 1.807) is 24.3 Å². The van der Waals surface area contributed by atoms with E-state index in [1.165, 1.54) is 6.33 Å². The molecule has 0 saturated heterocycles. The lowest BCUT2D eigenvalue weighted by atomic mass is 10.1. The molecule has 7 heteroatoms. The molecule has 0 amide bonds. The molecule has 0 unspecified atom stereocenters. The van der Waals surface area contributed by atoms with Gasteiger partial charge in [-0.25, -0.2) is 9.97 Å². The zero-order valence-corrected chi connectivity index (χ0v) is 10.9. The predicted octanol–water partition coefficient (Wildman–Crippen LogP) is 3.14. The Hall–Kier alpha value is -2.21.